The highest BCUT2D eigenvalue weighted by atomic mass is 16.2. The first-order valence-electron chi connectivity index (χ1n) is 8.92. The molecule has 1 aromatic carbocycles. The van der Waals surface area contributed by atoms with Gasteiger partial charge in [0.1, 0.15) is 18.2 Å². The number of hydrogen-bond acceptors (Lipinski definition) is 4. The second kappa shape index (κ2) is 7.16. The molecule has 2 aliphatic rings. The lowest BCUT2D eigenvalue weighted by Crippen LogP contribution is -2.49. The van der Waals surface area contributed by atoms with Gasteiger partial charge >= 0.3 is 6.03 Å². The number of imide groups is 1. The van der Waals surface area contributed by atoms with Crippen molar-refractivity contribution < 1.29 is 14.4 Å². The van der Waals surface area contributed by atoms with Gasteiger partial charge in [-0.15, -0.1) is 0 Å². The molecule has 7 heteroatoms. The number of nitrogens with one attached hydrogen (secondary N) is 2. The fraction of sp³-hybridized carbons (Fsp3) is 0.474. The van der Waals surface area contributed by atoms with Gasteiger partial charge in [0.05, 0.1) is 11.3 Å². The Morgan fingerprint density at radius 1 is 1.35 bits per heavy atom. The van der Waals surface area contributed by atoms with E-state index in [9.17, 15) is 14.4 Å². The number of hydrogen-bond donors (Lipinski definition) is 2. The predicted octanol–water partition coefficient (Wildman–Crippen LogP) is 2.39. The number of nitrogens with zero attached hydrogens (tertiary/aromatic N) is 2. The summed E-state index contributed by atoms with van der Waals surface area (Å²) in [6.07, 6.45) is 4.11. The van der Waals surface area contributed by atoms with E-state index in [0.717, 1.165) is 24.2 Å². The summed E-state index contributed by atoms with van der Waals surface area (Å²) < 4.78 is 0. The summed E-state index contributed by atoms with van der Waals surface area (Å²) in [7, 11) is 0. The lowest BCUT2D eigenvalue weighted by atomic mass is 9.75. The Kier molecular flexibility index (Phi) is 4.94. The molecule has 1 aromatic rings. The third-order valence-electron chi connectivity index (χ3n) is 5.41. The van der Waals surface area contributed by atoms with Crippen LogP contribution >= 0.6 is 0 Å². The molecule has 1 spiro atoms. The van der Waals surface area contributed by atoms with Crippen molar-refractivity contribution in [2.24, 2.45) is 5.92 Å². The summed E-state index contributed by atoms with van der Waals surface area (Å²) in [6, 6.07) is 8.07. The van der Waals surface area contributed by atoms with Crippen LogP contribution < -0.4 is 10.6 Å². The number of amides is 4. The first kappa shape index (κ1) is 17.9. The molecule has 7 nitrogen and oxygen atoms in total. The molecular formula is C19H22N4O3. The zero-order valence-electron chi connectivity index (χ0n) is 14.7. The molecule has 0 bridgehead atoms. The van der Waals surface area contributed by atoms with Crippen LogP contribution in [0.4, 0.5) is 10.5 Å². The van der Waals surface area contributed by atoms with E-state index >= 15 is 0 Å². The molecule has 4 amide bonds. The SMILES string of the molecule is CCC1CCC2(CC1)NC(=O)N(CC(=O)Nc1ccccc1C#N)C2=O. The molecule has 0 unspecified atom stereocenters. The van der Waals surface area contributed by atoms with Gasteiger partial charge in [-0.1, -0.05) is 25.5 Å². The van der Waals surface area contributed by atoms with Crippen molar-refractivity contribution in [3.63, 3.8) is 0 Å². The fourth-order valence-corrected chi connectivity index (χ4v) is 3.76. The number of benzene rings is 1. The van der Waals surface area contributed by atoms with Gasteiger partial charge < -0.3 is 10.6 Å². The third-order valence-corrected chi connectivity index (χ3v) is 5.41. The van der Waals surface area contributed by atoms with Crippen LogP contribution in [-0.2, 0) is 9.59 Å². The van der Waals surface area contributed by atoms with Crippen molar-refractivity contribution >= 4 is 23.5 Å². The Hall–Kier alpha value is -2.88. The molecule has 2 fully saturated rings. The Balaban J connectivity index is 1.67. The summed E-state index contributed by atoms with van der Waals surface area (Å²) >= 11 is 0. The zero-order valence-corrected chi connectivity index (χ0v) is 14.7. The largest absolute Gasteiger partial charge is 0.325 e. The highest BCUT2D eigenvalue weighted by Gasteiger charge is 2.52. The van der Waals surface area contributed by atoms with Gasteiger partial charge in [-0.3, -0.25) is 14.5 Å². The van der Waals surface area contributed by atoms with E-state index in [-0.39, 0.29) is 12.5 Å². The third kappa shape index (κ3) is 3.27. The fourth-order valence-electron chi connectivity index (χ4n) is 3.76. The van der Waals surface area contributed by atoms with Crippen molar-refractivity contribution in [3.8, 4) is 6.07 Å². The molecule has 136 valence electrons. The van der Waals surface area contributed by atoms with Crippen LogP contribution in [0.15, 0.2) is 24.3 Å². The Bertz CT molecular complexity index is 775. The van der Waals surface area contributed by atoms with Crippen LogP contribution in [0.5, 0.6) is 0 Å². The molecule has 3 rings (SSSR count). The van der Waals surface area contributed by atoms with Crippen LogP contribution in [0, 0.1) is 17.2 Å². The van der Waals surface area contributed by atoms with E-state index in [1.165, 1.54) is 0 Å². The average molecular weight is 354 g/mol. The number of carbonyl (C=O) groups excluding carboxylic acids is 3. The van der Waals surface area contributed by atoms with Crippen molar-refractivity contribution in [2.45, 2.75) is 44.6 Å². The molecule has 1 aliphatic heterocycles. The maximum absolute atomic E-state index is 12.8. The molecule has 1 saturated carbocycles. The number of rotatable bonds is 4. The smallest absolute Gasteiger partial charge is 0.323 e. The second-order valence-corrected chi connectivity index (χ2v) is 6.96. The first-order valence-corrected chi connectivity index (χ1v) is 8.92. The Morgan fingerprint density at radius 2 is 2.04 bits per heavy atom. The van der Waals surface area contributed by atoms with Crippen LogP contribution in [0.2, 0.25) is 0 Å². The van der Waals surface area contributed by atoms with Crippen LogP contribution in [0.3, 0.4) is 0 Å². The number of nitriles is 1. The molecule has 0 aromatic heterocycles. The normalized spacial score (nSPS) is 25.1. The van der Waals surface area contributed by atoms with Gasteiger partial charge in [0.15, 0.2) is 0 Å². The van der Waals surface area contributed by atoms with Crippen LogP contribution in [-0.4, -0.2) is 34.8 Å². The standard InChI is InChI=1S/C19H22N4O3/c1-2-13-7-9-19(10-8-13)17(25)23(18(26)22-19)12-16(24)21-15-6-4-3-5-14(15)11-20/h3-6,13H,2,7-10,12H2,1H3,(H,21,24)(H,22,26). The minimum atomic E-state index is -0.854. The Morgan fingerprint density at radius 3 is 2.69 bits per heavy atom. The Labute approximate surface area is 152 Å². The average Bonchev–Trinajstić information content (AvgIpc) is 2.87. The second-order valence-electron chi connectivity index (χ2n) is 6.96. The van der Waals surface area contributed by atoms with E-state index in [1.54, 1.807) is 24.3 Å². The summed E-state index contributed by atoms with van der Waals surface area (Å²) in [6.45, 7) is 1.77. The van der Waals surface area contributed by atoms with Gasteiger partial charge in [-0.2, -0.15) is 5.26 Å². The van der Waals surface area contributed by atoms with Crippen molar-refractivity contribution in [3.05, 3.63) is 29.8 Å². The first-order chi connectivity index (χ1) is 12.5. The highest BCUT2D eigenvalue weighted by Crippen LogP contribution is 2.37. The predicted molar refractivity (Wildman–Crippen MR) is 95.0 cm³/mol. The molecular weight excluding hydrogens is 332 g/mol. The van der Waals surface area contributed by atoms with Gasteiger partial charge in [-0.25, -0.2) is 4.79 Å². The van der Waals surface area contributed by atoms with Gasteiger partial charge in [0.2, 0.25) is 5.91 Å². The highest BCUT2D eigenvalue weighted by molar-refractivity contribution is 6.10. The van der Waals surface area contributed by atoms with Gasteiger partial charge in [0, 0.05) is 0 Å². The van der Waals surface area contributed by atoms with Crippen molar-refractivity contribution in [2.75, 3.05) is 11.9 Å². The number of urea groups is 1. The van der Waals surface area contributed by atoms with Crippen LogP contribution in [0.25, 0.3) is 0 Å². The summed E-state index contributed by atoms with van der Waals surface area (Å²) in [4.78, 5) is 38.4. The monoisotopic (exact) mass is 354 g/mol. The zero-order chi connectivity index (χ0) is 18.7. The molecule has 1 saturated heterocycles. The molecule has 2 N–H and O–H groups in total. The van der Waals surface area contributed by atoms with Gasteiger partial charge in [0.25, 0.3) is 5.91 Å². The number of para-hydroxylation sites is 1. The van der Waals surface area contributed by atoms with Gasteiger partial charge in [-0.05, 0) is 43.7 Å². The van der Waals surface area contributed by atoms with Crippen LogP contribution in [0.1, 0.15) is 44.6 Å². The minimum absolute atomic E-state index is 0.319. The molecule has 0 atom stereocenters. The minimum Gasteiger partial charge on any atom is -0.323 e. The van der Waals surface area contributed by atoms with E-state index in [0.29, 0.717) is 30.0 Å². The summed E-state index contributed by atoms with van der Waals surface area (Å²) in [5.41, 5.74) is -0.161. The van der Waals surface area contributed by atoms with E-state index in [4.69, 9.17) is 5.26 Å². The van der Waals surface area contributed by atoms with E-state index < -0.39 is 17.5 Å². The lowest BCUT2D eigenvalue weighted by molar-refractivity contribution is -0.135. The summed E-state index contributed by atoms with van der Waals surface area (Å²) in [5.74, 6) is -0.235. The lowest BCUT2D eigenvalue weighted by Gasteiger charge is -2.34. The summed E-state index contributed by atoms with van der Waals surface area (Å²) in [5, 5.41) is 14.5. The van der Waals surface area contributed by atoms with E-state index in [1.807, 2.05) is 6.07 Å². The quantitative estimate of drug-likeness (QED) is 0.810. The van der Waals surface area contributed by atoms with Crippen molar-refractivity contribution in [1.82, 2.24) is 10.2 Å². The molecule has 1 aliphatic carbocycles. The molecule has 0 radical (unpaired) electrons. The maximum Gasteiger partial charge on any atom is 0.325 e. The number of anilines is 1. The maximum atomic E-state index is 12.8. The van der Waals surface area contributed by atoms with Crippen molar-refractivity contribution in [1.29, 1.82) is 5.26 Å². The number of carbonyl (C=O) groups is 3. The molecule has 1 heterocycles. The van der Waals surface area contributed by atoms with E-state index in [2.05, 4.69) is 17.6 Å². The molecule has 26 heavy (non-hydrogen) atoms. The topological polar surface area (TPSA) is 102 Å².